The molecule has 2 aromatic rings. The first-order chi connectivity index (χ1) is 9.79. The Kier molecular flexibility index (Phi) is 5.32. The summed E-state index contributed by atoms with van der Waals surface area (Å²) < 4.78 is 4.66. The molecule has 20 heavy (non-hydrogen) atoms. The van der Waals surface area contributed by atoms with E-state index in [-0.39, 0.29) is 5.97 Å². The lowest BCUT2D eigenvalue weighted by atomic mass is 10.1. The van der Waals surface area contributed by atoms with Gasteiger partial charge in [0.2, 0.25) is 0 Å². The van der Waals surface area contributed by atoms with Crippen molar-refractivity contribution in [1.82, 2.24) is 15.3 Å². The van der Waals surface area contributed by atoms with Crippen LogP contribution in [0.5, 0.6) is 0 Å². The Bertz CT molecular complexity index is 521. The zero-order valence-electron chi connectivity index (χ0n) is 11.6. The van der Waals surface area contributed by atoms with E-state index in [0.717, 1.165) is 37.3 Å². The zero-order chi connectivity index (χ0) is 14.2. The highest BCUT2D eigenvalue weighted by atomic mass is 16.5. The fourth-order valence-corrected chi connectivity index (χ4v) is 1.92. The molecule has 0 aliphatic heterocycles. The normalized spacial score (nSPS) is 10.4. The summed E-state index contributed by atoms with van der Waals surface area (Å²) in [5.41, 5.74) is 1.73. The molecule has 0 spiro atoms. The third-order valence-electron chi connectivity index (χ3n) is 3.03. The van der Waals surface area contributed by atoms with E-state index in [1.54, 1.807) is 18.3 Å². The molecule has 0 aliphatic rings. The van der Waals surface area contributed by atoms with E-state index in [0.29, 0.717) is 5.56 Å². The minimum atomic E-state index is -0.303. The molecule has 0 aliphatic carbocycles. The van der Waals surface area contributed by atoms with E-state index in [4.69, 9.17) is 0 Å². The summed E-state index contributed by atoms with van der Waals surface area (Å²) in [6.07, 6.45) is 5.59. The van der Waals surface area contributed by atoms with Crippen LogP contribution in [0.3, 0.4) is 0 Å². The van der Waals surface area contributed by atoms with Crippen LogP contribution in [0.15, 0.2) is 36.7 Å². The van der Waals surface area contributed by atoms with Gasteiger partial charge in [-0.2, -0.15) is 0 Å². The van der Waals surface area contributed by atoms with E-state index in [1.165, 1.54) is 7.11 Å². The highest BCUT2D eigenvalue weighted by Crippen LogP contribution is 2.05. The number of hydrogen-bond acceptors (Lipinski definition) is 4. The van der Waals surface area contributed by atoms with Crippen LogP contribution >= 0.6 is 0 Å². The molecule has 1 aromatic carbocycles. The van der Waals surface area contributed by atoms with Crippen molar-refractivity contribution in [1.29, 1.82) is 0 Å². The Morgan fingerprint density at radius 3 is 2.80 bits per heavy atom. The average Bonchev–Trinajstić information content (AvgIpc) is 3.00. The SMILES string of the molecule is COC(=O)c1ccc(CNCCCc2ncc[nH]2)cc1. The van der Waals surface area contributed by atoms with Gasteiger partial charge in [0.1, 0.15) is 5.82 Å². The second-order valence-corrected chi connectivity index (χ2v) is 4.50. The van der Waals surface area contributed by atoms with Gasteiger partial charge in [0.15, 0.2) is 0 Å². The van der Waals surface area contributed by atoms with Crippen LogP contribution in [0, 0.1) is 0 Å². The van der Waals surface area contributed by atoms with E-state index >= 15 is 0 Å². The van der Waals surface area contributed by atoms with Crippen molar-refractivity contribution in [2.45, 2.75) is 19.4 Å². The highest BCUT2D eigenvalue weighted by Gasteiger charge is 2.03. The number of imidazole rings is 1. The monoisotopic (exact) mass is 273 g/mol. The Labute approximate surface area is 118 Å². The summed E-state index contributed by atoms with van der Waals surface area (Å²) in [4.78, 5) is 18.6. The van der Waals surface area contributed by atoms with Crippen molar-refractivity contribution in [3.63, 3.8) is 0 Å². The van der Waals surface area contributed by atoms with Gasteiger partial charge in [-0.15, -0.1) is 0 Å². The third-order valence-corrected chi connectivity index (χ3v) is 3.03. The predicted octanol–water partition coefficient (Wildman–Crippen LogP) is 1.92. The first-order valence-electron chi connectivity index (χ1n) is 6.66. The smallest absolute Gasteiger partial charge is 0.337 e. The molecule has 2 N–H and O–H groups in total. The molecule has 0 atom stereocenters. The number of aromatic nitrogens is 2. The number of methoxy groups -OCH3 is 1. The quantitative estimate of drug-likeness (QED) is 0.597. The Morgan fingerprint density at radius 2 is 2.15 bits per heavy atom. The molecule has 5 nitrogen and oxygen atoms in total. The van der Waals surface area contributed by atoms with E-state index in [2.05, 4.69) is 20.0 Å². The summed E-state index contributed by atoms with van der Waals surface area (Å²) >= 11 is 0. The van der Waals surface area contributed by atoms with Crippen LogP contribution in [0.4, 0.5) is 0 Å². The molecule has 1 aromatic heterocycles. The standard InChI is InChI=1S/C15H19N3O2/c1-20-15(19)13-6-4-12(5-7-13)11-16-8-2-3-14-17-9-10-18-14/h4-7,9-10,16H,2-3,8,11H2,1H3,(H,17,18). The van der Waals surface area contributed by atoms with Crippen molar-refractivity contribution >= 4 is 5.97 Å². The molecule has 1 heterocycles. The topological polar surface area (TPSA) is 67.0 Å². The zero-order valence-corrected chi connectivity index (χ0v) is 11.6. The lowest BCUT2D eigenvalue weighted by Gasteiger charge is -2.05. The van der Waals surface area contributed by atoms with Crippen molar-refractivity contribution in [2.75, 3.05) is 13.7 Å². The maximum Gasteiger partial charge on any atom is 0.337 e. The molecule has 0 radical (unpaired) electrons. The number of nitrogens with one attached hydrogen (secondary N) is 2. The number of esters is 1. The number of H-pyrrole nitrogens is 1. The molecular formula is C15H19N3O2. The fourth-order valence-electron chi connectivity index (χ4n) is 1.92. The number of rotatable bonds is 7. The number of carbonyl (C=O) groups excluding carboxylic acids is 1. The van der Waals surface area contributed by atoms with Gasteiger partial charge in [0, 0.05) is 25.4 Å². The molecule has 0 amide bonds. The summed E-state index contributed by atoms with van der Waals surface area (Å²) in [6, 6.07) is 7.44. The second-order valence-electron chi connectivity index (χ2n) is 4.50. The van der Waals surface area contributed by atoms with Gasteiger partial charge in [-0.3, -0.25) is 0 Å². The molecule has 5 heteroatoms. The summed E-state index contributed by atoms with van der Waals surface area (Å²) in [6.45, 7) is 1.72. The lowest BCUT2D eigenvalue weighted by Crippen LogP contribution is -2.15. The highest BCUT2D eigenvalue weighted by molar-refractivity contribution is 5.89. The first kappa shape index (κ1) is 14.3. The minimum absolute atomic E-state index is 0.303. The maximum atomic E-state index is 11.3. The van der Waals surface area contributed by atoms with Crippen LogP contribution in [0.1, 0.15) is 28.2 Å². The van der Waals surface area contributed by atoms with Crippen LogP contribution in [-0.2, 0) is 17.7 Å². The Balaban J connectivity index is 1.67. The van der Waals surface area contributed by atoms with Gasteiger partial charge in [0.25, 0.3) is 0 Å². The molecule has 106 valence electrons. The van der Waals surface area contributed by atoms with Gasteiger partial charge in [0.05, 0.1) is 12.7 Å². The van der Waals surface area contributed by atoms with Crippen molar-refractivity contribution in [3.8, 4) is 0 Å². The Morgan fingerprint density at radius 1 is 1.35 bits per heavy atom. The van der Waals surface area contributed by atoms with E-state index in [1.807, 2.05) is 18.3 Å². The average molecular weight is 273 g/mol. The molecule has 0 bridgehead atoms. The first-order valence-corrected chi connectivity index (χ1v) is 6.66. The van der Waals surface area contributed by atoms with Crippen LogP contribution in [0.25, 0.3) is 0 Å². The molecule has 0 fully saturated rings. The summed E-state index contributed by atoms with van der Waals surface area (Å²) in [5.74, 6) is 0.720. The molecule has 0 unspecified atom stereocenters. The number of nitrogens with zero attached hydrogens (tertiary/aromatic N) is 1. The summed E-state index contributed by atoms with van der Waals surface area (Å²) in [7, 11) is 1.39. The lowest BCUT2D eigenvalue weighted by molar-refractivity contribution is 0.0600. The molecular weight excluding hydrogens is 254 g/mol. The maximum absolute atomic E-state index is 11.3. The van der Waals surface area contributed by atoms with Crippen LogP contribution in [-0.4, -0.2) is 29.6 Å². The van der Waals surface area contributed by atoms with Gasteiger partial charge in [-0.1, -0.05) is 12.1 Å². The Hall–Kier alpha value is -2.14. The number of hydrogen-bond donors (Lipinski definition) is 2. The van der Waals surface area contributed by atoms with Gasteiger partial charge >= 0.3 is 5.97 Å². The van der Waals surface area contributed by atoms with Crippen molar-refractivity contribution in [3.05, 3.63) is 53.6 Å². The van der Waals surface area contributed by atoms with Gasteiger partial charge in [-0.25, -0.2) is 9.78 Å². The summed E-state index contributed by atoms with van der Waals surface area (Å²) in [5, 5.41) is 3.37. The predicted molar refractivity (Wildman–Crippen MR) is 76.4 cm³/mol. The minimum Gasteiger partial charge on any atom is -0.465 e. The fraction of sp³-hybridized carbons (Fsp3) is 0.333. The van der Waals surface area contributed by atoms with Gasteiger partial charge < -0.3 is 15.0 Å². The number of benzene rings is 1. The number of carbonyl (C=O) groups is 1. The third kappa shape index (κ3) is 4.20. The molecule has 0 saturated carbocycles. The van der Waals surface area contributed by atoms with Gasteiger partial charge in [-0.05, 0) is 30.7 Å². The largest absolute Gasteiger partial charge is 0.465 e. The van der Waals surface area contributed by atoms with Crippen LogP contribution in [0.2, 0.25) is 0 Å². The van der Waals surface area contributed by atoms with E-state index < -0.39 is 0 Å². The van der Waals surface area contributed by atoms with Crippen molar-refractivity contribution in [2.24, 2.45) is 0 Å². The number of aryl methyl sites for hydroxylation is 1. The number of ether oxygens (including phenoxy) is 1. The van der Waals surface area contributed by atoms with Crippen molar-refractivity contribution < 1.29 is 9.53 Å². The molecule has 0 saturated heterocycles. The van der Waals surface area contributed by atoms with Crippen LogP contribution < -0.4 is 5.32 Å². The second kappa shape index (κ2) is 7.45. The van der Waals surface area contributed by atoms with E-state index in [9.17, 15) is 4.79 Å². The number of aromatic amines is 1. The molecule has 2 rings (SSSR count).